The number of nitrogens with one attached hydrogen (secondary N) is 1. The molecule has 0 aliphatic heterocycles. The molecule has 2 aromatic heterocycles. The van der Waals surface area contributed by atoms with Gasteiger partial charge in [0.05, 0.1) is 16.7 Å². The Labute approximate surface area is 109 Å². The molecule has 0 aliphatic rings. The predicted octanol–water partition coefficient (Wildman–Crippen LogP) is 3.78. The van der Waals surface area contributed by atoms with Crippen molar-refractivity contribution in [2.45, 2.75) is 0 Å². The summed E-state index contributed by atoms with van der Waals surface area (Å²) in [6.45, 7) is 0. The molecule has 4 aromatic rings. The van der Waals surface area contributed by atoms with Gasteiger partial charge in [0.15, 0.2) is 0 Å². The largest absolute Gasteiger partial charge is 0.277 e. The summed E-state index contributed by atoms with van der Waals surface area (Å²) < 4.78 is 0. The minimum Gasteiger partial charge on any atom is -0.277 e. The third-order valence-electron chi connectivity index (χ3n) is 3.31. The van der Waals surface area contributed by atoms with Crippen LogP contribution < -0.4 is 0 Å². The van der Waals surface area contributed by atoms with Crippen molar-refractivity contribution in [1.82, 2.24) is 15.2 Å². The summed E-state index contributed by atoms with van der Waals surface area (Å²) in [7, 11) is 0. The minimum atomic E-state index is 0.899. The van der Waals surface area contributed by atoms with Crippen LogP contribution in [0, 0.1) is 0 Å². The Hall–Kier alpha value is -2.68. The molecule has 0 saturated heterocycles. The molecule has 0 saturated carbocycles. The molecule has 0 radical (unpaired) electrons. The number of hydrogen-bond donors (Lipinski definition) is 1. The highest BCUT2D eigenvalue weighted by Gasteiger charge is 2.09. The lowest BCUT2D eigenvalue weighted by Crippen LogP contribution is -1.85. The maximum Gasteiger partial charge on any atom is 0.118 e. The van der Waals surface area contributed by atoms with Crippen molar-refractivity contribution in [2.24, 2.45) is 0 Å². The van der Waals surface area contributed by atoms with Crippen molar-refractivity contribution >= 4 is 21.8 Å². The van der Waals surface area contributed by atoms with E-state index < -0.39 is 0 Å². The van der Waals surface area contributed by atoms with Crippen LogP contribution in [0.25, 0.3) is 33.2 Å². The third kappa shape index (κ3) is 1.59. The standard InChI is InChI=1S/C16H11N3/c1-3-7-13-11(5-1)9-10-15(17-13)16-12-6-2-4-8-14(12)18-19-16/h1-10H,(H,18,19). The second-order valence-electron chi connectivity index (χ2n) is 4.51. The van der Waals surface area contributed by atoms with E-state index in [2.05, 4.69) is 33.4 Å². The number of para-hydroxylation sites is 2. The molecule has 2 heterocycles. The van der Waals surface area contributed by atoms with Crippen LogP contribution in [0.5, 0.6) is 0 Å². The molecule has 19 heavy (non-hydrogen) atoms. The Balaban J connectivity index is 1.99. The van der Waals surface area contributed by atoms with Gasteiger partial charge in [0.2, 0.25) is 0 Å². The zero-order chi connectivity index (χ0) is 12.7. The molecule has 4 rings (SSSR count). The molecule has 3 nitrogen and oxygen atoms in total. The lowest BCUT2D eigenvalue weighted by atomic mass is 10.1. The van der Waals surface area contributed by atoms with Gasteiger partial charge in [-0.1, -0.05) is 42.5 Å². The third-order valence-corrected chi connectivity index (χ3v) is 3.31. The summed E-state index contributed by atoms with van der Waals surface area (Å²) in [5.74, 6) is 0. The van der Waals surface area contributed by atoms with Crippen molar-refractivity contribution in [2.75, 3.05) is 0 Å². The quantitative estimate of drug-likeness (QED) is 0.554. The van der Waals surface area contributed by atoms with Crippen LogP contribution in [-0.4, -0.2) is 15.2 Å². The fraction of sp³-hybridized carbons (Fsp3) is 0. The number of rotatable bonds is 1. The van der Waals surface area contributed by atoms with Gasteiger partial charge in [-0.05, 0) is 18.2 Å². The van der Waals surface area contributed by atoms with Crippen molar-refractivity contribution in [3.8, 4) is 11.4 Å². The average Bonchev–Trinajstić information content (AvgIpc) is 2.91. The molecular weight excluding hydrogens is 234 g/mol. The van der Waals surface area contributed by atoms with Crippen molar-refractivity contribution in [3.05, 3.63) is 60.7 Å². The van der Waals surface area contributed by atoms with E-state index in [0.717, 1.165) is 33.2 Å². The number of aromatic nitrogens is 3. The lowest BCUT2D eigenvalue weighted by Gasteiger charge is -2.00. The summed E-state index contributed by atoms with van der Waals surface area (Å²) in [4.78, 5) is 4.69. The Bertz CT molecular complexity index is 877. The molecule has 2 aromatic carbocycles. The molecule has 0 amide bonds. The van der Waals surface area contributed by atoms with E-state index in [1.165, 1.54) is 0 Å². The highest BCUT2D eigenvalue weighted by molar-refractivity contribution is 5.93. The van der Waals surface area contributed by atoms with Crippen LogP contribution in [0.15, 0.2) is 60.7 Å². The normalized spacial score (nSPS) is 11.2. The molecule has 0 aliphatic carbocycles. The number of pyridine rings is 1. The summed E-state index contributed by atoms with van der Waals surface area (Å²) in [6, 6.07) is 20.3. The lowest BCUT2D eigenvalue weighted by molar-refractivity contribution is 1.11. The smallest absolute Gasteiger partial charge is 0.118 e. The second-order valence-corrected chi connectivity index (χ2v) is 4.51. The van der Waals surface area contributed by atoms with E-state index >= 15 is 0 Å². The van der Waals surface area contributed by atoms with Crippen LogP contribution in [-0.2, 0) is 0 Å². The zero-order valence-corrected chi connectivity index (χ0v) is 10.2. The summed E-state index contributed by atoms with van der Waals surface area (Å²) in [5.41, 5.74) is 3.83. The van der Waals surface area contributed by atoms with Crippen molar-refractivity contribution < 1.29 is 0 Å². The van der Waals surface area contributed by atoms with E-state index in [1.807, 2.05) is 42.5 Å². The van der Waals surface area contributed by atoms with E-state index in [9.17, 15) is 0 Å². The summed E-state index contributed by atoms with van der Waals surface area (Å²) in [6.07, 6.45) is 0. The summed E-state index contributed by atoms with van der Waals surface area (Å²) >= 11 is 0. The molecule has 0 spiro atoms. The molecule has 0 bridgehead atoms. The predicted molar refractivity (Wildman–Crippen MR) is 76.8 cm³/mol. The maximum absolute atomic E-state index is 4.69. The highest BCUT2D eigenvalue weighted by atomic mass is 15.1. The minimum absolute atomic E-state index is 0.899. The highest BCUT2D eigenvalue weighted by Crippen LogP contribution is 2.26. The number of aromatic amines is 1. The molecule has 0 atom stereocenters. The van der Waals surface area contributed by atoms with Gasteiger partial charge in [0, 0.05) is 10.8 Å². The number of nitrogens with zero attached hydrogens (tertiary/aromatic N) is 2. The number of hydrogen-bond acceptors (Lipinski definition) is 2. The van der Waals surface area contributed by atoms with Gasteiger partial charge >= 0.3 is 0 Å². The molecule has 0 fully saturated rings. The first-order valence-electron chi connectivity index (χ1n) is 6.21. The molecule has 90 valence electrons. The fourth-order valence-corrected chi connectivity index (χ4v) is 2.36. The van der Waals surface area contributed by atoms with Crippen molar-refractivity contribution in [3.63, 3.8) is 0 Å². The number of fused-ring (bicyclic) bond motifs is 2. The maximum atomic E-state index is 4.69. The first kappa shape index (κ1) is 10.3. The van der Waals surface area contributed by atoms with Crippen LogP contribution in [0.2, 0.25) is 0 Å². The van der Waals surface area contributed by atoms with E-state index in [1.54, 1.807) is 0 Å². The van der Waals surface area contributed by atoms with E-state index in [-0.39, 0.29) is 0 Å². The SMILES string of the molecule is c1ccc2nc(-c3n[nH]c4ccccc34)ccc2c1. The molecular formula is C16H11N3. The number of benzene rings is 2. The van der Waals surface area contributed by atoms with Gasteiger partial charge in [-0.25, -0.2) is 4.98 Å². The number of H-pyrrole nitrogens is 1. The molecule has 3 heteroatoms. The molecule has 1 N–H and O–H groups in total. The topological polar surface area (TPSA) is 41.6 Å². The van der Waals surface area contributed by atoms with Crippen LogP contribution >= 0.6 is 0 Å². The second kappa shape index (κ2) is 3.92. The Morgan fingerprint density at radius 1 is 0.789 bits per heavy atom. The zero-order valence-electron chi connectivity index (χ0n) is 10.2. The Kier molecular flexibility index (Phi) is 2.12. The van der Waals surface area contributed by atoms with E-state index in [0.29, 0.717) is 0 Å². The van der Waals surface area contributed by atoms with E-state index in [4.69, 9.17) is 0 Å². The van der Waals surface area contributed by atoms with Crippen LogP contribution in [0.3, 0.4) is 0 Å². The first-order valence-corrected chi connectivity index (χ1v) is 6.21. The van der Waals surface area contributed by atoms with Crippen LogP contribution in [0.4, 0.5) is 0 Å². The van der Waals surface area contributed by atoms with Gasteiger partial charge in [-0.2, -0.15) is 5.10 Å². The fourth-order valence-electron chi connectivity index (χ4n) is 2.36. The van der Waals surface area contributed by atoms with Gasteiger partial charge < -0.3 is 0 Å². The van der Waals surface area contributed by atoms with Crippen molar-refractivity contribution in [1.29, 1.82) is 0 Å². The van der Waals surface area contributed by atoms with Gasteiger partial charge in [-0.3, -0.25) is 5.10 Å². The first-order chi connectivity index (χ1) is 9.42. The van der Waals surface area contributed by atoms with Gasteiger partial charge in [0.25, 0.3) is 0 Å². The summed E-state index contributed by atoms with van der Waals surface area (Å²) in [5, 5.41) is 9.68. The Morgan fingerprint density at radius 3 is 2.63 bits per heavy atom. The molecule has 0 unspecified atom stereocenters. The Morgan fingerprint density at radius 2 is 1.63 bits per heavy atom. The average molecular weight is 245 g/mol. The van der Waals surface area contributed by atoms with Crippen LogP contribution in [0.1, 0.15) is 0 Å². The van der Waals surface area contributed by atoms with Gasteiger partial charge in [0.1, 0.15) is 5.69 Å². The monoisotopic (exact) mass is 245 g/mol. The van der Waals surface area contributed by atoms with Gasteiger partial charge in [-0.15, -0.1) is 0 Å².